The molecule has 1 aromatic carbocycles. The number of hydrogen-bond acceptors (Lipinski definition) is 3. The molecule has 2 N–H and O–H groups in total. The van der Waals surface area contributed by atoms with Gasteiger partial charge in [0.25, 0.3) is 0 Å². The van der Waals surface area contributed by atoms with Gasteiger partial charge in [-0.05, 0) is 18.6 Å². The van der Waals surface area contributed by atoms with Crippen molar-refractivity contribution in [3.63, 3.8) is 0 Å². The van der Waals surface area contributed by atoms with Crippen molar-refractivity contribution >= 4 is 11.6 Å². The normalized spacial score (nSPS) is 14.6. The molecular formula is C12H15ClN4. The monoisotopic (exact) mass is 250 g/mol. The van der Waals surface area contributed by atoms with Crippen LogP contribution in [0.4, 0.5) is 0 Å². The Bertz CT molecular complexity index is 519. The highest BCUT2D eigenvalue weighted by molar-refractivity contribution is 6.31. The molecule has 1 atom stereocenters. The molecule has 0 saturated heterocycles. The van der Waals surface area contributed by atoms with Gasteiger partial charge in [-0.25, -0.2) is 0 Å². The summed E-state index contributed by atoms with van der Waals surface area (Å²) < 4.78 is 1.66. The van der Waals surface area contributed by atoms with E-state index in [1.165, 1.54) is 0 Å². The van der Waals surface area contributed by atoms with E-state index < -0.39 is 5.54 Å². The van der Waals surface area contributed by atoms with Gasteiger partial charge in [-0.15, -0.1) is 5.10 Å². The fraction of sp³-hybridized carbons (Fsp3) is 0.333. The number of nitrogens with zero attached hydrogens (tertiary/aromatic N) is 3. The third-order valence-electron chi connectivity index (χ3n) is 2.69. The Hall–Kier alpha value is -1.39. The summed E-state index contributed by atoms with van der Waals surface area (Å²) in [4.78, 5) is 0. The lowest BCUT2D eigenvalue weighted by atomic mass is 9.88. The van der Waals surface area contributed by atoms with Crippen molar-refractivity contribution in [3.8, 4) is 0 Å². The molecule has 17 heavy (non-hydrogen) atoms. The van der Waals surface area contributed by atoms with Gasteiger partial charge in [0.1, 0.15) is 0 Å². The first kappa shape index (κ1) is 12.1. The Labute approximate surface area is 105 Å². The largest absolute Gasteiger partial charge is 0.321 e. The predicted octanol–water partition coefficient (Wildman–Crippen LogP) is 1.89. The van der Waals surface area contributed by atoms with E-state index in [-0.39, 0.29) is 0 Å². The standard InChI is InChI=1S/C12H15ClN4/c1-12(14,7-9-8-17(2)16-15-9)10-5-3-4-6-11(10)13/h3-6,8H,7,14H2,1-2H3. The summed E-state index contributed by atoms with van der Waals surface area (Å²) in [6.07, 6.45) is 2.46. The predicted molar refractivity (Wildman–Crippen MR) is 67.7 cm³/mol. The molecule has 2 rings (SSSR count). The molecule has 0 aliphatic heterocycles. The summed E-state index contributed by atoms with van der Waals surface area (Å²) in [6.45, 7) is 1.95. The van der Waals surface area contributed by atoms with Crippen molar-refractivity contribution in [1.82, 2.24) is 15.0 Å². The highest BCUT2D eigenvalue weighted by Gasteiger charge is 2.25. The molecule has 1 heterocycles. The van der Waals surface area contributed by atoms with Crippen LogP contribution in [0.15, 0.2) is 30.5 Å². The van der Waals surface area contributed by atoms with Crippen molar-refractivity contribution in [1.29, 1.82) is 0 Å². The van der Waals surface area contributed by atoms with Crippen molar-refractivity contribution in [2.75, 3.05) is 0 Å². The van der Waals surface area contributed by atoms with Gasteiger partial charge in [0.05, 0.1) is 5.69 Å². The van der Waals surface area contributed by atoms with E-state index in [0.717, 1.165) is 11.3 Å². The number of hydrogen-bond donors (Lipinski definition) is 1. The number of halogens is 1. The molecule has 2 aromatic rings. The minimum Gasteiger partial charge on any atom is -0.321 e. The average molecular weight is 251 g/mol. The summed E-state index contributed by atoms with van der Waals surface area (Å²) in [5.41, 5.74) is 7.55. The van der Waals surface area contributed by atoms with Gasteiger partial charge in [0.2, 0.25) is 0 Å². The smallest absolute Gasteiger partial charge is 0.0848 e. The van der Waals surface area contributed by atoms with Crippen LogP contribution in [0.1, 0.15) is 18.2 Å². The molecule has 5 heteroatoms. The third kappa shape index (κ3) is 2.65. The van der Waals surface area contributed by atoms with Crippen molar-refractivity contribution in [2.24, 2.45) is 12.8 Å². The fourth-order valence-corrected chi connectivity index (χ4v) is 2.22. The van der Waals surface area contributed by atoms with E-state index in [1.54, 1.807) is 4.68 Å². The van der Waals surface area contributed by atoms with Crippen LogP contribution in [-0.2, 0) is 19.0 Å². The molecule has 0 aliphatic rings. The lowest BCUT2D eigenvalue weighted by Gasteiger charge is -2.25. The number of nitrogens with two attached hydrogens (primary N) is 1. The second-order valence-electron chi connectivity index (χ2n) is 4.46. The van der Waals surface area contributed by atoms with Crippen LogP contribution in [0.3, 0.4) is 0 Å². The summed E-state index contributed by atoms with van der Waals surface area (Å²) in [5.74, 6) is 0. The molecule has 1 unspecified atom stereocenters. The zero-order valence-corrected chi connectivity index (χ0v) is 10.6. The van der Waals surface area contributed by atoms with Crippen LogP contribution in [0.5, 0.6) is 0 Å². The van der Waals surface area contributed by atoms with Crippen molar-refractivity contribution in [2.45, 2.75) is 18.9 Å². The molecular weight excluding hydrogens is 236 g/mol. The zero-order valence-electron chi connectivity index (χ0n) is 9.89. The van der Waals surface area contributed by atoms with Crippen molar-refractivity contribution in [3.05, 3.63) is 46.7 Å². The molecule has 0 radical (unpaired) electrons. The summed E-state index contributed by atoms with van der Waals surface area (Å²) >= 11 is 6.16. The minimum absolute atomic E-state index is 0.547. The van der Waals surface area contributed by atoms with E-state index in [1.807, 2.05) is 44.4 Å². The number of rotatable bonds is 3. The Morgan fingerprint density at radius 3 is 2.71 bits per heavy atom. The van der Waals surface area contributed by atoms with Crippen LogP contribution in [0.2, 0.25) is 5.02 Å². The maximum Gasteiger partial charge on any atom is 0.0848 e. The molecule has 1 aromatic heterocycles. The van der Waals surface area contributed by atoms with Gasteiger partial charge in [0.15, 0.2) is 0 Å². The van der Waals surface area contributed by atoms with E-state index in [4.69, 9.17) is 17.3 Å². The molecule has 4 nitrogen and oxygen atoms in total. The van der Waals surface area contributed by atoms with Crippen molar-refractivity contribution < 1.29 is 0 Å². The second-order valence-corrected chi connectivity index (χ2v) is 4.86. The Morgan fingerprint density at radius 2 is 2.12 bits per heavy atom. The molecule has 0 saturated carbocycles. The summed E-state index contributed by atoms with van der Waals surface area (Å²) in [6, 6.07) is 7.62. The Kier molecular flexibility index (Phi) is 3.17. The quantitative estimate of drug-likeness (QED) is 0.905. The van der Waals surface area contributed by atoms with Crippen LogP contribution < -0.4 is 5.73 Å². The average Bonchev–Trinajstić information content (AvgIpc) is 2.63. The second kappa shape index (κ2) is 4.47. The molecule has 0 fully saturated rings. The lowest BCUT2D eigenvalue weighted by Crippen LogP contribution is -2.35. The maximum atomic E-state index is 6.32. The first-order valence-electron chi connectivity index (χ1n) is 5.38. The first-order valence-corrected chi connectivity index (χ1v) is 5.76. The molecule has 0 bridgehead atoms. The van der Waals surface area contributed by atoms with E-state index in [9.17, 15) is 0 Å². The number of benzene rings is 1. The molecule has 0 aliphatic carbocycles. The van der Waals surface area contributed by atoms with Crippen LogP contribution in [0, 0.1) is 0 Å². The summed E-state index contributed by atoms with van der Waals surface area (Å²) in [7, 11) is 1.83. The molecule has 0 spiro atoms. The topological polar surface area (TPSA) is 56.7 Å². The molecule has 90 valence electrons. The van der Waals surface area contributed by atoms with Gasteiger partial charge >= 0.3 is 0 Å². The fourth-order valence-electron chi connectivity index (χ4n) is 1.87. The first-order chi connectivity index (χ1) is 7.99. The third-order valence-corrected chi connectivity index (χ3v) is 3.02. The van der Waals surface area contributed by atoms with Gasteiger partial charge in [-0.3, -0.25) is 4.68 Å². The van der Waals surface area contributed by atoms with Gasteiger partial charge < -0.3 is 5.73 Å². The van der Waals surface area contributed by atoms with Gasteiger partial charge in [0, 0.05) is 30.2 Å². The zero-order chi connectivity index (χ0) is 12.5. The minimum atomic E-state index is -0.547. The highest BCUT2D eigenvalue weighted by Crippen LogP contribution is 2.28. The van der Waals surface area contributed by atoms with Crippen LogP contribution in [0.25, 0.3) is 0 Å². The lowest BCUT2D eigenvalue weighted by molar-refractivity contribution is 0.485. The van der Waals surface area contributed by atoms with E-state index in [0.29, 0.717) is 11.4 Å². The van der Waals surface area contributed by atoms with Crippen LogP contribution >= 0.6 is 11.6 Å². The summed E-state index contributed by atoms with van der Waals surface area (Å²) in [5, 5.41) is 8.62. The van der Waals surface area contributed by atoms with E-state index in [2.05, 4.69) is 10.3 Å². The molecule has 0 amide bonds. The Balaban J connectivity index is 2.27. The van der Waals surface area contributed by atoms with Gasteiger partial charge in [-0.1, -0.05) is 35.0 Å². The van der Waals surface area contributed by atoms with E-state index >= 15 is 0 Å². The SMILES string of the molecule is Cn1cc(CC(C)(N)c2ccccc2Cl)nn1. The van der Waals surface area contributed by atoms with Crippen LogP contribution in [-0.4, -0.2) is 15.0 Å². The Morgan fingerprint density at radius 1 is 1.41 bits per heavy atom. The highest BCUT2D eigenvalue weighted by atomic mass is 35.5. The number of aromatic nitrogens is 3. The maximum absolute atomic E-state index is 6.32. The van der Waals surface area contributed by atoms with Gasteiger partial charge in [-0.2, -0.15) is 0 Å². The number of aryl methyl sites for hydroxylation is 1.